The van der Waals surface area contributed by atoms with E-state index in [1.165, 1.54) is 12.1 Å². The van der Waals surface area contributed by atoms with Gasteiger partial charge in [-0.05, 0) is 43.2 Å². The fraction of sp³-hybridized carbons (Fsp3) is 0.269. The van der Waals surface area contributed by atoms with Gasteiger partial charge in [-0.1, -0.05) is 71.2 Å². The van der Waals surface area contributed by atoms with Crippen molar-refractivity contribution in [3.05, 3.63) is 105 Å². The Morgan fingerprint density at radius 1 is 1.09 bits per heavy atom. The van der Waals surface area contributed by atoms with Crippen LogP contribution in [0.5, 0.6) is 0 Å². The maximum Gasteiger partial charge on any atom is 0.145 e. The van der Waals surface area contributed by atoms with Gasteiger partial charge in [0.25, 0.3) is 0 Å². The van der Waals surface area contributed by atoms with Crippen LogP contribution < -0.4 is 0 Å². The summed E-state index contributed by atoms with van der Waals surface area (Å²) in [6, 6.07) is 19.2. The van der Waals surface area contributed by atoms with Gasteiger partial charge in [-0.25, -0.2) is 8.78 Å². The Morgan fingerprint density at radius 2 is 1.84 bits per heavy atom. The number of likely N-dealkylation sites (tertiary alicyclic amines) is 1. The third kappa shape index (κ3) is 3.79. The van der Waals surface area contributed by atoms with Gasteiger partial charge in [-0.2, -0.15) is 5.26 Å². The number of aryl methyl sites for hydroxylation is 1. The molecule has 3 aromatic carbocycles. The van der Waals surface area contributed by atoms with Gasteiger partial charge in [0.05, 0.1) is 11.1 Å². The lowest BCUT2D eigenvalue weighted by atomic mass is 9.67. The Morgan fingerprint density at radius 3 is 2.53 bits per heavy atom. The molecule has 2 nitrogen and oxygen atoms in total. The highest BCUT2D eigenvalue weighted by Crippen LogP contribution is 2.51. The highest BCUT2D eigenvalue weighted by molar-refractivity contribution is 6.31. The Labute approximate surface area is 197 Å². The molecule has 3 atom stereocenters. The highest BCUT2D eigenvalue weighted by atomic mass is 35.5. The molecular weight excluding hydrogens is 449 g/mol. The maximum absolute atomic E-state index is 15.2. The van der Waals surface area contributed by atoms with Gasteiger partial charge in [0.15, 0.2) is 0 Å². The molecule has 32 heavy (non-hydrogen) atoms. The fourth-order valence-corrected chi connectivity index (χ4v) is 5.31. The smallest absolute Gasteiger partial charge is 0.145 e. The molecule has 1 heterocycles. The maximum atomic E-state index is 15.2. The van der Waals surface area contributed by atoms with E-state index < -0.39 is 29.0 Å². The first-order valence-electron chi connectivity index (χ1n) is 10.4. The average molecular weight is 471 g/mol. The minimum Gasteiger partial charge on any atom is -0.294 e. The topological polar surface area (TPSA) is 27.0 Å². The SMILES string of the molecule is Cc1cccc(CN2C[C@H](c3cccc(Cl)c3F)[C@@](C#N)(c3ccc(Cl)cc3F)C2C)c1. The van der Waals surface area contributed by atoms with Crippen LogP contribution in [0, 0.1) is 29.9 Å². The second kappa shape index (κ2) is 8.83. The summed E-state index contributed by atoms with van der Waals surface area (Å²) in [5.74, 6) is -1.77. The van der Waals surface area contributed by atoms with Gasteiger partial charge in [0.2, 0.25) is 0 Å². The minimum absolute atomic E-state index is 0.0179. The molecule has 164 valence electrons. The Balaban J connectivity index is 1.88. The van der Waals surface area contributed by atoms with Crippen LogP contribution in [0.3, 0.4) is 0 Å². The number of nitriles is 1. The molecule has 0 aromatic heterocycles. The number of nitrogens with zero attached hydrogens (tertiary/aromatic N) is 2. The molecular formula is C26H22Cl2F2N2. The van der Waals surface area contributed by atoms with Gasteiger partial charge in [-0.15, -0.1) is 0 Å². The summed E-state index contributed by atoms with van der Waals surface area (Å²) in [4.78, 5) is 2.11. The van der Waals surface area contributed by atoms with Crippen LogP contribution >= 0.6 is 23.2 Å². The van der Waals surface area contributed by atoms with Crippen molar-refractivity contribution in [2.75, 3.05) is 6.54 Å². The number of hydrogen-bond donors (Lipinski definition) is 0. The van der Waals surface area contributed by atoms with Crippen LogP contribution in [0.4, 0.5) is 8.78 Å². The summed E-state index contributed by atoms with van der Waals surface area (Å²) >= 11 is 12.1. The van der Waals surface area contributed by atoms with Crippen molar-refractivity contribution in [3.63, 3.8) is 0 Å². The molecule has 3 aromatic rings. The molecule has 1 aliphatic rings. The largest absolute Gasteiger partial charge is 0.294 e. The van der Waals surface area contributed by atoms with E-state index in [2.05, 4.69) is 17.0 Å². The summed E-state index contributed by atoms with van der Waals surface area (Å²) in [6.07, 6.45) is 0. The summed E-state index contributed by atoms with van der Waals surface area (Å²) in [7, 11) is 0. The van der Waals surface area contributed by atoms with Gasteiger partial charge in [-0.3, -0.25) is 4.90 Å². The van der Waals surface area contributed by atoms with Crippen molar-refractivity contribution in [2.45, 2.75) is 37.8 Å². The summed E-state index contributed by atoms with van der Waals surface area (Å²) in [5.41, 5.74) is 1.40. The summed E-state index contributed by atoms with van der Waals surface area (Å²) in [6.45, 7) is 4.85. The van der Waals surface area contributed by atoms with Crippen LogP contribution in [0.2, 0.25) is 10.0 Å². The van der Waals surface area contributed by atoms with Crippen molar-refractivity contribution in [2.24, 2.45) is 0 Å². The van der Waals surface area contributed by atoms with Gasteiger partial charge >= 0.3 is 0 Å². The third-order valence-corrected chi connectivity index (χ3v) is 7.09. The molecule has 1 saturated heterocycles. The van der Waals surface area contributed by atoms with Crippen LogP contribution in [-0.4, -0.2) is 17.5 Å². The number of benzene rings is 3. The van der Waals surface area contributed by atoms with Gasteiger partial charge in [0.1, 0.15) is 17.0 Å². The quantitative estimate of drug-likeness (QED) is 0.409. The molecule has 1 aliphatic heterocycles. The molecule has 0 aliphatic carbocycles. The molecule has 4 rings (SSSR count). The predicted molar refractivity (Wildman–Crippen MR) is 124 cm³/mol. The van der Waals surface area contributed by atoms with Gasteiger partial charge in [0, 0.05) is 35.6 Å². The highest BCUT2D eigenvalue weighted by Gasteiger charge is 2.56. The van der Waals surface area contributed by atoms with E-state index in [0.29, 0.717) is 18.7 Å². The third-order valence-electron chi connectivity index (χ3n) is 6.56. The van der Waals surface area contributed by atoms with E-state index in [4.69, 9.17) is 23.2 Å². The van der Waals surface area contributed by atoms with E-state index >= 15 is 8.78 Å². The lowest BCUT2D eigenvalue weighted by Gasteiger charge is -2.34. The molecule has 0 radical (unpaired) electrons. The van der Waals surface area contributed by atoms with E-state index in [1.54, 1.807) is 24.3 Å². The Bertz CT molecular complexity index is 1210. The van der Waals surface area contributed by atoms with Crippen LogP contribution in [-0.2, 0) is 12.0 Å². The normalized spacial score (nSPS) is 23.3. The molecule has 1 fully saturated rings. The molecule has 0 N–H and O–H groups in total. The van der Waals surface area contributed by atoms with E-state index in [0.717, 1.165) is 11.1 Å². The zero-order valence-electron chi connectivity index (χ0n) is 17.7. The standard InChI is InChI=1S/C26H22Cl2F2N2/c1-16-5-3-6-18(11-16)13-32-14-22(20-7-4-8-23(28)25(20)30)26(15-31,17(32)2)21-10-9-19(27)12-24(21)29/h3-12,17,22H,13-14H2,1-2H3/t17?,22-,26-/m1/s1. The lowest BCUT2D eigenvalue weighted by Crippen LogP contribution is -2.42. The minimum atomic E-state index is -1.33. The van der Waals surface area contributed by atoms with Crippen molar-refractivity contribution in [1.29, 1.82) is 5.26 Å². The fourth-order valence-electron chi connectivity index (χ4n) is 4.96. The zero-order valence-corrected chi connectivity index (χ0v) is 19.3. The predicted octanol–water partition coefficient (Wildman–Crippen LogP) is 7.03. The molecule has 0 bridgehead atoms. The molecule has 0 spiro atoms. The van der Waals surface area contributed by atoms with Crippen LogP contribution in [0.15, 0.2) is 60.7 Å². The zero-order chi connectivity index (χ0) is 23.0. The number of hydrogen-bond acceptors (Lipinski definition) is 2. The van der Waals surface area contributed by atoms with E-state index in [9.17, 15) is 5.26 Å². The monoisotopic (exact) mass is 470 g/mol. The molecule has 6 heteroatoms. The average Bonchev–Trinajstić information content (AvgIpc) is 3.02. The van der Waals surface area contributed by atoms with Crippen LogP contribution in [0.1, 0.15) is 35.1 Å². The number of halogens is 4. The first-order chi connectivity index (χ1) is 15.3. The second-order valence-electron chi connectivity index (χ2n) is 8.40. The van der Waals surface area contributed by atoms with Crippen molar-refractivity contribution < 1.29 is 8.78 Å². The Kier molecular flexibility index (Phi) is 6.27. The molecule has 1 unspecified atom stereocenters. The first-order valence-corrected chi connectivity index (χ1v) is 11.1. The lowest BCUT2D eigenvalue weighted by molar-refractivity contribution is 0.233. The molecule has 0 saturated carbocycles. The first kappa shape index (κ1) is 22.7. The van der Waals surface area contributed by atoms with Crippen molar-refractivity contribution in [3.8, 4) is 6.07 Å². The van der Waals surface area contributed by atoms with Crippen LogP contribution in [0.25, 0.3) is 0 Å². The molecule has 0 amide bonds. The number of rotatable bonds is 4. The van der Waals surface area contributed by atoms with E-state index in [-0.39, 0.29) is 15.6 Å². The summed E-state index contributed by atoms with van der Waals surface area (Å²) < 4.78 is 30.4. The van der Waals surface area contributed by atoms with Gasteiger partial charge < -0.3 is 0 Å². The Hall–Kier alpha value is -2.45. The van der Waals surface area contributed by atoms with Crippen molar-refractivity contribution in [1.82, 2.24) is 4.90 Å². The van der Waals surface area contributed by atoms with Crippen molar-refractivity contribution >= 4 is 23.2 Å². The van der Waals surface area contributed by atoms with E-state index in [1.807, 2.05) is 32.0 Å². The summed E-state index contributed by atoms with van der Waals surface area (Å²) in [5, 5.41) is 10.7. The second-order valence-corrected chi connectivity index (χ2v) is 9.24.